The predicted octanol–water partition coefficient (Wildman–Crippen LogP) is 0.879. The first-order valence-electron chi connectivity index (χ1n) is 1.69. The molecule has 0 aliphatic carbocycles. The van der Waals surface area contributed by atoms with E-state index >= 15 is 0 Å². The SMILES string of the molecule is C#CC(F)(F)O[P+](=O)O. The van der Waals surface area contributed by atoms with E-state index in [1.54, 1.807) is 0 Å². The molecule has 0 aromatic carbocycles. The van der Waals surface area contributed by atoms with Crippen LogP contribution in [0.1, 0.15) is 0 Å². The van der Waals surface area contributed by atoms with Gasteiger partial charge in [-0.2, -0.15) is 8.78 Å². The van der Waals surface area contributed by atoms with Crippen LogP contribution < -0.4 is 0 Å². The van der Waals surface area contributed by atoms with E-state index in [0.29, 0.717) is 0 Å². The van der Waals surface area contributed by atoms with Crippen LogP contribution in [0.15, 0.2) is 0 Å². The van der Waals surface area contributed by atoms with Crippen LogP contribution in [-0.4, -0.2) is 11.0 Å². The van der Waals surface area contributed by atoms with Crippen LogP contribution in [0.5, 0.6) is 0 Å². The molecule has 0 aliphatic rings. The summed E-state index contributed by atoms with van der Waals surface area (Å²) < 4.78 is 35.8. The number of hydrogen-bond donors (Lipinski definition) is 1. The lowest BCUT2D eigenvalue weighted by Gasteiger charge is -1.94. The second-order valence-corrected chi connectivity index (χ2v) is 1.65. The van der Waals surface area contributed by atoms with Crippen molar-refractivity contribution in [3.63, 3.8) is 0 Å². The number of rotatable bonds is 2. The molecule has 0 bridgehead atoms. The smallest absolute Gasteiger partial charge is 0.159 e. The molecule has 0 aromatic heterocycles. The summed E-state index contributed by atoms with van der Waals surface area (Å²) in [7, 11) is -3.34. The van der Waals surface area contributed by atoms with Crippen molar-refractivity contribution in [2.24, 2.45) is 0 Å². The van der Waals surface area contributed by atoms with Crippen molar-refractivity contribution < 1.29 is 22.8 Å². The van der Waals surface area contributed by atoms with Crippen LogP contribution in [0.2, 0.25) is 0 Å². The third-order valence-corrected chi connectivity index (χ3v) is 0.746. The van der Waals surface area contributed by atoms with Crippen LogP contribution in [0.4, 0.5) is 8.78 Å². The standard InChI is InChI=1S/C3HF2O3P/c1-2-3(4,5)8-9(6)7/h1H/p+1. The van der Waals surface area contributed by atoms with E-state index in [0.717, 1.165) is 5.92 Å². The first-order valence-corrected chi connectivity index (χ1v) is 2.82. The van der Waals surface area contributed by atoms with Crippen LogP contribution in [0.25, 0.3) is 0 Å². The topological polar surface area (TPSA) is 46.5 Å². The van der Waals surface area contributed by atoms with Gasteiger partial charge >= 0.3 is 14.4 Å². The molecule has 1 unspecified atom stereocenters. The largest absolute Gasteiger partial charge is 0.701 e. The third kappa shape index (κ3) is 3.98. The van der Waals surface area contributed by atoms with Gasteiger partial charge in [-0.05, 0) is 4.52 Å². The van der Waals surface area contributed by atoms with Crippen molar-refractivity contribution in [1.29, 1.82) is 0 Å². The highest BCUT2D eigenvalue weighted by Gasteiger charge is 2.38. The van der Waals surface area contributed by atoms with Gasteiger partial charge in [0.1, 0.15) is 0 Å². The van der Waals surface area contributed by atoms with Crippen molar-refractivity contribution in [3.05, 3.63) is 0 Å². The zero-order valence-corrected chi connectivity index (χ0v) is 4.94. The van der Waals surface area contributed by atoms with E-state index in [2.05, 4.69) is 10.9 Å². The quantitative estimate of drug-likeness (QED) is 0.475. The van der Waals surface area contributed by atoms with E-state index in [1.807, 2.05) is 0 Å². The summed E-state index contributed by atoms with van der Waals surface area (Å²) in [6.07, 6.45) is 0.248. The third-order valence-electron chi connectivity index (χ3n) is 0.361. The molecule has 0 saturated carbocycles. The molecule has 1 atom stereocenters. The van der Waals surface area contributed by atoms with Crippen LogP contribution in [0, 0.1) is 12.3 Å². The fourth-order valence-corrected chi connectivity index (χ4v) is 0.373. The molecule has 3 nitrogen and oxygen atoms in total. The summed E-state index contributed by atoms with van der Waals surface area (Å²) in [6, 6.07) is 0. The normalized spacial score (nSPS) is 12.4. The summed E-state index contributed by atoms with van der Waals surface area (Å²) >= 11 is 0. The molecule has 0 aliphatic heterocycles. The maximum absolute atomic E-state index is 11.6. The maximum Gasteiger partial charge on any atom is 0.701 e. The summed E-state index contributed by atoms with van der Waals surface area (Å²) in [6.45, 7) is 0. The molecular formula is C3H2F2O3P+. The van der Waals surface area contributed by atoms with Gasteiger partial charge in [0.05, 0.1) is 0 Å². The van der Waals surface area contributed by atoms with Gasteiger partial charge in [-0.3, -0.25) is 0 Å². The molecule has 0 aromatic rings. The Morgan fingerprint density at radius 1 is 1.78 bits per heavy atom. The van der Waals surface area contributed by atoms with Gasteiger partial charge in [0, 0.05) is 10.5 Å². The zero-order chi connectivity index (χ0) is 7.49. The maximum atomic E-state index is 11.6. The Morgan fingerprint density at radius 3 is 2.33 bits per heavy atom. The van der Waals surface area contributed by atoms with Gasteiger partial charge in [0.15, 0.2) is 0 Å². The lowest BCUT2D eigenvalue weighted by atomic mass is 10.7. The first-order chi connectivity index (χ1) is 3.98. The Bertz CT molecular complexity index is 161. The van der Waals surface area contributed by atoms with Gasteiger partial charge in [-0.25, -0.2) is 0 Å². The Morgan fingerprint density at radius 2 is 2.22 bits per heavy atom. The highest BCUT2D eigenvalue weighted by molar-refractivity contribution is 7.32. The Labute approximate surface area is 50.6 Å². The molecule has 0 rings (SSSR count). The minimum absolute atomic E-state index is 0.873. The Hall–Kier alpha value is -0.560. The van der Waals surface area contributed by atoms with Crippen LogP contribution >= 0.6 is 8.25 Å². The lowest BCUT2D eigenvalue weighted by Crippen LogP contribution is -2.12. The van der Waals surface area contributed by atoms with Crippen molar-refractivity contribution in [2.75, 3.05) is 0 Å². The minimum atomic E-state index is -3.94. The van der Waals surface area contributed by atoms with Gasteiger partial charge in [-0.1, -0.05) is 0 Å². The molecule has 0 radical (unpaired) electrons. The molecule has 0 spiro atoms. The number of alkyl halides is 2. The average molecular weight is 155 g/mol. The highest BCUT2D eigenvalue weighted by Crippen LogP contribution is 2.27. The van der Waals surface area contributed by atoms with Crippen molar-refractivity contribution >= 4 is 8.25 Å². The molecular weight excluding hydrogens is 153 g/mol. The summed E-state index contributed by atoms with van der Waals surface area (Å²) in [4.78, 5) is 7.73. The Kier molecular flexibility index (Phi) is 2.65. The summed E-state index contributed by atoms with van der Waals surface area (Å²) in [5, 5.41) is 0. The molecule has 0 amide bonds. The van der Waals surface area contributed by atoms with Gasteiger partial charge in [-0.15, -0.1) is 11.3 Å². The van der Waals surface area contributed by atoms with Crippen molar-refractivity contribution in [2.45, 2.75) is 6.11 Å². The zero-order valence-electron chi connectivity index (χ0n) is 4.04. The second-order valence-electron chi connectivity index (χ2n) is 0.990. The van der Waals surface area contributed by atoms with E-state index in [9.17, 15) is 13.3 Å². The van der Waals surface area contributed by atoms with Gasteiger partial charge in [0.2, 0.25) is 0 Å². The molecule has 50 valence electrons. The predicted molar refractivity (Wildman–Crippen MR) is 24.7 cm³/mol. The van der Waals surface area contributed by atoms with E-state index in [1.165, 1.54) is 0 Å². The van der Waals surface area contributed by atoms with Crippen molar-refractivity contribution in [1.82, 2.24) is 0 Å². The molecule has 0 heterocycles. The van der Waals surface area contributed by atoms with Crippen LogP contribution in [-0.2, 0) is 9.09 Å². The highest BCUT2D eigenvalue weighted by atomic mass is 31.1. The molecule has 9 heavy (non-hydrogen) atoms. The van der Waals surface area contributed by atoms with Gasteiger partial charge in [0.25, 0.3) is 0 Å². The number of hydrogen-bond acceptors (Lipinski definition) is 2. The number of terminal acetylenes is 1. The molecule has 1 N–H and O–H groups in total. The molecule has 0 saturated heterocycles. The second kappa shape index (κ2) is 2.83. The van der Waals surface area contributed by atoms with E-state index in [-0.39, 0.29) is 0 Å². The Balaban J connectivity index is 3.91. The fourth-order valence-electron chi connectivity index (χ4n) is 0.124. The number of halogens is 2. The van der Waals surface area contributed by atoms with Crippen molar-refractivity contribution in [3.8, 4) is 12.3 Å². The monoisotopic (exact) mass is 155 g/mol. The molecule has 0 fully saturated rings. The summed E-state index contributed by atoms with van der Waals surface area (Å²) in [5.41, 5.74) is 0. The first kappa shape index (κ1) is 8.44. The van der Waals surface area contributed by atoms with Crippen LogP contribution in [0.3, 0.4) is 0 Å². The fraction of sp³-hybridized carbons (Fsp3) is 0.333. The lowest BCUT2D eigenvalue weighted by molar-refractivity contribution is -0.122. The summed E-state index contributed by atoms with van der Waals surface area (Å²) in [5.74, 6) is 0.873. The van der Waals surface area contributed by atoms with Gasteiger partial charge < -0.3 is 0 Å². The average Bonchev–Trinajstić information content (AvgIpc) is 1.63. The minimum Gasteiger partial charge on any atom is -0.159 e. The van der Waals surface area contributed by atoms with E-state index < -0.39 is 14.4 Å². The van der Waals surface area contributed by atoms with E-state index in [4.69, 9.17) is 4.89 Å². The molecule has 6 heteroatoms.